The Morgan fingerprint density at radius 2 is 2.12 bits per heavy atom. The van der Waals surface area contributed by atoms with Crippen LogP contribution in [-0.2, 0) is 6.42 Å². The first kappa shape index (κ1) is 21.1. The molecule has 0 spiro atoms. The van der Waals surface area contributed by atoms with Crippen LogP contribution < -0.4 is 5.73 Å². The van der Waals surface area contributed by atoms with Gasteiger partial charge < -0.3 is 20.5 Å². The maximum absolute atomic E-state index is 14.6. The Morgan fingerprint density at radius 1 is 1.31 bits per heavy atom. The number of benzene rings is 1. The van der Waals surface area contributed by atoms with Crippen LogP contribution in [0.3, 0.4) is 0 Å². The second-order valence-electron chi connectivity index (χ2n) is 8.89. The van der Waals surface area contributed by atoms with E-state index in [1.165, 1.54) is 18.5 Å². The van der Waals surface area contributed by atoms with Crippen molar-refractivity contribution in [3.05, 3.63) is 59.4 Å². The number of hydrogen-bond acceptors (Lipinski definition) is 6. The minimum atomic E-state index is -0.942. The first-order valence-electron chi connectivity index (χ1n) is 10.4. The zero-order chi connectivity index (χ0) is 22.6. The smallest absolute Gasteiger partial charge is 0.143 e. The average molecular weight is 456 g/mol. The van der Waals surface area contributed by atoms with Gasteiger partial charge in [0.05, 0.1) is 22.7 Å². The van der Waals surface area contributed by atoms with E-state index in [0.29, 0.717) is 30.2 Å². The molecule has 0 saturated heterocycles. The van der Waals surface area contributed by atoms with E-state index in [4.69, 9.17) is 17.3 Å². The summed E-state index contributed by atoms with van der Waals surface area (Å²) in [5.74, 6) is -0.261. The molecular formula is C23H23ClFN5O2. The number of aliphatic hydroxyl groups is 2. The molecule has 4 atom stereocenters. The number of hydrogen-bond donors (Lipinski definition) is 3. The molecule has 1 aliphatic carbocycles. The van der Waals surface area contributed by atoms with Gasteiger partial charge in [0.1, 0.15) is 29.7 Å². The Labute approximate surface area is 188 Å². The van der Waals surface area contributed by atoms with Crippen molar-refractivity contribution < 1.29 is 14.6 Å². The van der Waals surface area contributed by atoms with E-state index in [-0.39, 0.29) is 16.9 Å². The van der Waals surface area contributed by atoms with E-state index in [1.54, 1.807) is 12.3 Å². The third kappa shape index (κ3) is 3.39. The van der Waals surface area contributed by atoms with E-state index < -0.39 is 23.4 Å². The van der Waals surface area contributed by atoms with Crippen molar-refractivity contribution in [2.45, 2.75) is 44.4 Å². The molecule has 3 heterocycles. The highest BCUT2D eigenvalue weighted by atomic mass is 35.5. The number of rotatable bonds is 4. The molecule has 4 N–H and O–H groups in total. The van der Waals surface area contributed by atoms with Crippen molar-refractivity contribution in [2.75, 3.05) is 5.73 Å². The summed E-state index contributed by atoms with van der Waals surface area (Å²) < 4.78 is 16.6. The molecule has 32 heavy (non-hydrogen) atoms. The molecule has 166 valence electrons. The van der Waals surface area contributed by atoms with Crippen molar-refractivity contribution in [3.63, 3.8) is 0 Å². The number of nitrogens with two attached hydrogens (primary N) is 1. The molecule has 0 unspecified atom stereocenters. The molecule has 3 aromatic heterocycles. The van der Waals surface area contributed by atoms with Crippen LogP contribution in [-0.4, -0.2) is 41.9 Å². The fourth-order valence-electron chi connectivity index (χ4n) is 4.87. The Hall–Kier alpha value is -2.81. The largest absolute Gasteiger partial charge is 0.390 e. The molecule has 1 fully saturated rings. The van der Waals surface area contributed by atoms with Gasteiger partial charge in [0, 0.05) is 23.2 Å². The van der Waals surface area contributed by atoms with Crippen LogP contribution in [0.1, 0.15) is 31.4 Å². The third-order valence-corrected chi connectivity index (χ3v) is 7.05. The van der Waals surface area contributed by atoms with Crippen LogP contribution in [0.4, 0.5) is 10.2 Å². The van der Waals surface area contributed by atoms with Gasteiger partial charge in [-0.2, -0.15) is 0 Å². The molecule has 1 aromatic carbocycles. The van der Waals surface area contributed by atoms with Gasteiger partial charge in [-0.05, 0) is 54.5 Å². The van der Waals surface area contributed by atoms with Gasteiger partial charge in [0.25, 0.3) is 0 Å². The Morgan fingerprint density at radius 3 is 2.94 bits per heavy atom. The first-order valence-corrected chi connectivity index (χ1v) is 10.8. The number of halogens is 2. The number of aliphatic hydroxyl groups excluding tert-OH is 2. The summed E-state index contributed by atoms with van der Waals surface area (Å²) in [5, 5.41) is 23.2. The normalized spacial score (nSPS) is 25.7. The Balaban J connectivity index is 1.40. The van der Waals surface area contributed by atoms with Crippen LogP contribution in [0.5, 0.6) is 0 Å². The van der Waals surface area contributed by atoms with Crippen molar-refractivity contribution in [1.82, 2.24) is 19.5 Å². The molecule has 5 rings (SSSR count). The van der Waals surface area contributed by atoms with Crippen LogP contribution in [0.15, 0.2) is 43.0 Å². The first-order chi connectivity index (χ1) is 15.3. The predicted molar refractivity (Wildman–Crippen MR) is 121 cm³/mol. The summed E-state index contributed by atoms with van der Waals surface area (Å²) in [4.78, 5) is 12.6. The lowest BCUT2D eigenvalue weighted by Gasteiger charge is -2.28. The molecule has 7 nitrogen and oxygen atoms in total. The number of aryl methyl sites for hydroxylation is 1. The van der Waals surface area contributed by atoms with Crippen molar-refractivity contribution in [1.29, 1.82) is 0 Å². The average Bonchev–Trinajstić information content (AvgIpc) is 3.29. The zero-order valence-electron chi connectivity index (χ0n) is 17.4. The van der Waals surface area contributed by atoms with E-state index in [2.05, 4.69) is 15.0 Å². The lowest BCUT2D eigenvalue weighted by Crippen LogP contribution is -2.35. The van der Waals surface area contributed by atoms with Crippen molar-refractivity contribution in [2.24, 2.45) is 5.41 Å². The highest BCUT2D eigenvalue weighted by molar-refractivity contribution is 6.33. The third-order valence-electron chi connectivity index (χ3n) is 6.75. The van der Waals surface area contributed by atoms with E-state index in [9.17, 15) is 14.6 Å². The molecular weight excluding hydrogens is 433 g/mol. The molecule has 1 saturated carbocycles. The molecule has 0 aliphatic heterocycles. The topological polar surface area (TPSA) is 110 Å². The SMILES string of the molecule is C[C@]1(CCc2cc(F)c3cc(Cl)c(N)nc3c2)C[C@@H](n2ccc3cncnc32)[C@H](O)[C@@H]1O. The van der Waals surface area contributed by atoms with Crippen LogP contribution >= 0.6 is 11.6 Å². The van der Waals surface area contributed by atoms with Gasteiger partial charge in [0.2, 0.25) is 0 Å². The monoisotopic (exact) mass is 455 g/mol. The Bertz CT molecular complexity index is 1330. The fourth-order valence-corrected chi connectivity index (χ4v) is 5.02. The van der Waals surface area contributed by atoms with Gasteiger partial charge in [-0.15, -0.1) is 0 Å². The number of nitrogens with zero attached hydrogens (tertiary/aromatic N) is 4. The highest BCUT2D eigenvalue weighted by Crippen LogP contribution is 2.48. The van der Waals surface area contributed by atoms with E-state index >= 15 is 0 Å². The van der Waals surface area contributed by atoms with Gasteiger partial charge in [-0.3, -0.25) is 0 Å². The summed E-state index contributed by atoms with van der Waals surface area (Å²) in [6.07, 6.45) is 4.82. The van der Waals surface area contributed by atoms with Crippen LogP contribution in [0.2, 0.25) is 5.02 Å². The Kier molecular flexibility index (Phi) is 5.03. The number of pyridine rings is 1. The maximum atomic E-state index is 14.6. The highest BCUT2D eigenvalue weighted by Gasteiger charge is 2.50. The number of anilines is 1. The van der Waals surface area contributed by atoms with Crippen molar-refractivity contribution >= 4 is 39.4 Å². The molecule has 9 heteroatoms. The molecule has 1 aliphatic rings. The lowest BCUT2D eigenvalue weighted by molar-refractivity contribution is -0.0241. The quantitative estimate of drug-likeness (QED) is 0.433. The van der Waals surface area contributed by atoms with E-state index in [0.717, 1.165) is 16.6 Å². The fraction of sp³-hybridized carbons (Fsp3) is 0.348. The minimum Gasteiger partial charge on any atom is -0.390 e. The van der Waals surface area contributed by atoms with Crippen LogP contribution in [0.25, 0.3) is 21.9 Å². The predicted octanol–water partition coefficient (Wildman–Crippen LogP) is 3.66. The summed E-state index contributed by atoms with van der Waals surface area (Å²) in [6, 6.07) is 6.31. The van der Waals surface area contributed by atoms with Gasteiger partial charge in [-0.1, -0.05) is 18.5 Å². The molecule has 0 amide bonds. The molecule has 4 aromatic rings. The summed E-state index contributed by atoms with van der Waals surface area (Å²) in [7, 11) is 0. The summed E-state index contributed by atoms with van der Waals surface area (Å²) in [6.45, 7) is 1.95. The second-order valence-corrected chi connectivity index (χ2v) is 9.29. The van der Waals surface area contributed by atoms with E-state index in [1.807, 2.05) is 23.8 Å². The van der Waals surface area contributed by atoms with Crippen molar-refractivity contribution in [3.8, 4) is 0 Å². The second kappa shape index (κ2) is 7.65. The minimum absolute atomic E-state index is 0.155. The van der Waals surface area contributed by atoms with Gasteiger partial charge in [-0.25, -0.2) is 19.3 Å². The standard InChI is InChI=1S/C23H23ClFN5O2/c1-23(4-2-12-6-16(25)14-8-15(24)21(26)29-17(14)7-12)9-18(19(31)20(23)32)30-5-3-13-10-27-11-28-22(13)30/h3,5-8,10-11,18-20,31-32H,2,4,9H2,1H3,(H2,26,29)/t18-,19+,20+,23+/m1/s1. The number of nitrogen functional groups attached to an aromatic ring is 1. The number of aromatic nitrogens is 4. The summed E-state index contributed by atoms with van der Waals surface area (Å²) in [5.41, 5.74) is 7.12. The summed E-state index contributed by atoms with van der Waals surface area (Å²) >= 11 is 5.97. The number of fused-ring (bicyclic) bond motifs is 2. The zero-order valence-corrected chi connectivity index (χ0v) is 18.2. The molecule has 0 bridgehead atoms. The van der Waals surface area contributed by atoms with Crippen LogP contribution in [0, 0.1) is 11.2 Å². The lowest BCUT2D eigenvalue weighted by atomic mass is 9.80. The van der Waals surface area contributed by atoms with Gasteiger partial charge in [0.15, 0.2) is 0 Å². The molecule has 0 radical (unpaired) electrons. The van der Waals surface area contributed by atoms with Gasteiger partial charge >= 0.3 is 0 Å². The maximum Gasteiger partial charge on any atom is 0.143 e.